The lowest BCUT2D eigenvalue weighted by Crippen LogP contribution is -2.58. The van der Waals surface area contributed by atoms with Gasteiger partial charge < -0.3 is 48.2 Å². The number of carbonyl (C=O) groups excluding carboxylic acids is 3. The number of hydrogen-bond donors (Lipinski definition) is 9. The zero-order valence-corrected chi connectivity index (χ0v) is 25.7. The van der Waals surface area contributed by atoms with Crippen molar-refractivity contribution in [3.63, 3.8) is 0 Å². The number of aromatic nitrogens is 3. The Balaban J connectivity index is 1.55. The maximum atomic E-state index is 13.8. The van der Waals surface area contributed by atoms with Gasteiger partial charge in [0.1, 0.15) is 18.1 Å². The van der Waals surface area contributed by atoms with Gasteiger partial charge in [-0.1, -0.05) is 48.5 Å². The van der Waals surface area contributed by atoms with Crippen LogP contribution in [0, 0.1) is 0 Å². The van der Waals surface area contributed by atoms with Gasteiger partial charge in [0.05, 0.1) is 12.4 Å². The van der Waals surface area contributed by atoms with E-state index in [1.165, 1.54) is 12.5 Å². The average molecular weight is 645 g/mol. The van der Waals surface area contributed by atoms with Gasteiger partial charge in [-0.05, 0) is 30.0 Å². The molecule has 4 atom stereocenters. The number of carbonyl (C=O) groups is 4. The number of nitrogens with two attached hydrogens (primary N) is 3. The lowest BCUT2D eigenvalue weighted by molar-refractivity contribution is -0.142. The molecule has 15 nitrogen and oxygen atoms in total. The maximum Gasteiger partial charge on any atom is 0.326 e. The Hall–Kier alpha value is -5.70. The zero-order chi connectivity index (χ0) is 33.8. The molecule has 0 spiro atoms. The van der Waals surface area contributed by atoms with E-state index in [0.717, 1.165) is 22.0 Å². The summed E-state index contributed by atoms with van der Waals surface area (Å²) in [5.74, 6) is -3.25. The summed E-state index contributed by atoms with van der Waals surface area (Å²) in [6, 6.07) is 11.8. The van der Waals surface area contributed by atoms with Gasteiger partial charge >= 0.3 is 5.97 Å². The normalized spacial score (nSPS) is 13.6. The number of H-pyrrole nitrogens is 2. The second-order valence-corrected chi connectivity index (χ2v) is 11.1. The van der Waals surface area contributed by atoms with Crippen LogP contribution in [0.2, 0.25) is 0 Å². The summed E-state index contributed by atoms with van der Waals surface area (Å²) in [6.45, 7) is 0.285. The Morgan fingerprint density at radius 2 is 1.49 bits per heavy atom. The molecule has 2 aromatic carbocycles. The first kappa shape index (κ1) is 34.2. The summed E-state index contributed by atoms with van der Waals surface area (Å²) >= 11 is 0. The Labute approximate surface area is 270 Å². The number of nitrogens with one attached hydrogen (secondary N) is 5. The molecule has 4 rings (SSSR count). The van der Waals surface area contributed by atoms with Crippen LogP contribution in [0.25, 0.3) is 10.9 Å². The molecule has 0 saturated heterocycles. The van der Waals surface area contributed by atoms with Crippen LogP contribution in [0.15, 0.2) is 78.3 Å². The Morgan fingerprint density at radius 1 is 0.830 bits per heavy atom. The van der Waals surface area contributed by atoms with Crippen LogP contribution < -0.4 is 33.2 Å². The van der Waals surface area contributed by atoms with Gasteiger partial charge in [0.2, 0.25) is 17.7 Å². The number of aliphatic imine (C=N–C) groups is 1. The van der Waals surface area contributed by atoms with E-state index >= 15 is 0 Å². The third kappa shape index (κ3) is 10.2. The number of carboxylic acids is 1. The zero-order valence-electron chi connectivity index (χ0n) is 25.7. The Kier molecular flexibility index (Phi) is 12.0. The van der Waals surface area contributed by atoms with Crippen molar-refractivity contribution >= 4 is 40.6 Å². The first-order chi connectivity index (χ1) is 22.6. The number of imidazole rings is 1. The van der Waals surface area contributed by atoms with Crippen molar-refractivity contribution in [3.05, 3.63) is 90.1 Å². The van der Waals surface area contributed by atoms with Gasteiger partial charge in [0.15, 0.2) is 5.96 Å². The molecule has 4 unspecified atom stereocenters. The minimum atomic E-state index is -1.26. The van der Waals surface area contributed by atoms with E-state index in [1.54, 1.807) is 30.5 Å². The largest absolute Gasteiger partial charge is 0.480 e. The van der Waals surface area contributed by atoms with Crippen LogP contribution in [-0.4, -0.2) is 80.4 Å². The molecule has 4 aromatic rings. The third-order valence-corrected chi connectivity index (χ3v) is 7.55. The molecule has 0 fully saturated rings. The van der Waals surface area contributed by atoms with E-state index in [4.69, 9.17) is 17.2 Å². The van der Waals surface area contributed by atoms with Crippen molar-refractivity contribution in [2.75, 3.05) is 6.54 Å². The molecular weight excluding hydrogens is 604 g/mol. The van der Waals surface area contributed by atoms with E-state index in [9.17, 15) is 24.3 Å². The molecule has 0 aliphatic rings. The smallest absolute Gasteiger partial charge is 0.326 e. The molecule has 0 aliphatic carbocycles. The molecule has 0 bridgehead atoms. The first-order valence-corrected chi connectivity index (χ1v) is 15.1. The number of aliphatic carboxylic acids is 1. The first-order valence-electron chi connectivity index (χ1n) is 15.1. The van der Waals surface area contributed by atoms with Gasteiger partial charge in [-0.2, -0.15) is 0 Å². The molecular formula is C32H40N10O5. The third-order valence-electron chi connectivity index (χ3n) is 7.55. The SMILES string of the molecule is NC(N)=NCCCC(N)C(=O)NC(Cc1cnc[nH]1)C(=O)NC(Cc1c[nH]c2ccccc12)C(=O)NC(Cc1ccccc1)C(=O)O. The lowest BCUT2D eigenvalue weighted by Gasteiger charge is -2.25. The van der Waals surface area contributed by atoms with Crippen molar-refractivity contribution < 1.29 is 24.3 Å². The van der Waals surface area contributed by atoms with Crippen LogP contribution in [0.5, 0.6) is 0 Å². The molecule has 0 saturated carbocycles. The number of hydrogen-bond acceptors (Lipinski definition) is 7. The predicted octanol–water partition coefficient (Wildman–Crippen LogP) is -0.161. The topological polar surface area (TPSA) is 259 Å². The number of amides is 3. The predicted molar refractivity (Wildman–Crippen MR) is 176 cm³/mol. The van der Waals surface area contributed by atoms with Crippen LogP contribution in [-0.2, 0) is 38.4 Å². The number of carboxylic acid groups (broad SMARTS) is 1. The highest BCUT2D eigenvalue weighted by Gasteiger charge is 2.31. The average Bonchev–Trinajstić information content (AvgIpc) is 3.72. The number of nitrogens with zero attached hydrogens (tertiary/aromatic N) is 2. The van der Waals surface area contributed by atoms with Gasteiger partial charge in [-0.15, -0.1) is 0 Å². The standard InChI is InChI=1S/C32H40N10O5/c33-23(10-6-12-37-32(34)35)28(43)40-26(15-21-17-36-18-39-21)30(45)41-25(14-20-16-38-24-11-5-4-9-22(20)24)29(44)42-27(31(46)47)13-19-7-2-1-3-8-19/h1-5,7-9,11,16-18,23,25-27,38H,6,10,12-15,33H2,(H,36,39)(H,40,43)(H,41,45)(H,42,44)(H,46,47)(H4,34,35,37). The maximum absolute atomic E-state index is 13.8. The number of aromatic amines is 2. The highest BCUT2D eigenvalue weighted by atomic mass is 16.4. The molecule has 12 N–H and O–H groups in total. The summed E-state index contributed by atoms with van der Waals surface area (Å²) in [5, 5.41) is 18.8. The van der Waals surface area contributed by atoms with E-state index in [2.05, 4.69) is 35.9 Å². The van der Waals surface area contributed by atoms with E-state index in [-0.39, 0.29) is 38.2 Å². The molecule has 0 radical (unpaired) electrons. The van der Waals surface area contributed by atoms with Crippen LogP contribution in [0.3, 0.4) is 0 Å². The van der Waals surface area contributed by atoms with Crippen molar-refractivity contribution in [3.8, 4) is 0 Å². The molecule has 2 aromatic heterocycles. The lowest BCUT2D eigenvalue weighted by atomic mass is 10.0. The van der Waals surface area contributed by atoms with E-state index in [1.807, 2.05) is 30.3 Å². The summed E-state index contributed by atoms with van der Waals surface area (Å²) in [4.78, 5) is 66.8. The van der Waals surface area contributed by atoms with Crippen LogP contribution >= 0.6 is 0 Å². The minimum Gasteiger partial charge on any atom is -0.480 e. The van der Waals surface area contributed by atoms with Crippen molar-refractivity contribution in [1.82, 2.24) is 30.9 Å². The van der Waals surface area contributed by atoms with Crippen molar-refractivity contribution in [2.24, 2.45) is 22.2 Å². The van der Waals surface area contributed by atoms with Gasteiger partial charge in [0.25, 0.3) is 0 Å². The van der Waals surface area contributed by atoms with Crippen LogP contribution in [0.4, 0.5) is 0 Å². The Morgan fingerprint density at radius 3 is 2.17 bits per heavy atom. The van der Waals surface area contributed by atoms with E-state index < -0.39 is 47.9 Å². The summed E-state index contributed by atoms with van der Waals surface area (Å²) < 4.78 is 0. The molecule has 0 aliphatic heterocycles. The van der Waals surface area contributed by atoms with Crippen molar-refractivity contribution in [2.45, 2.75) is 56.3 Å². The molecule has 2 heterocycles. The highest BCUT2D eigenvalue weighted by molar-refractivity contribution is 5.95. The number of fused-ring (bicyclic) bond motifs is 1. The fourth-order valence-corrected chi connectivity index (χ4v) is 5.08. The highest BCUT2D eigenvalue weighted by Crippen LogP contribution is 2.19. The van der Waals surface area contributed by atoms with Gasteiger partial charge in [0, 0.05) is 54.8 Å². The fraction of sp³-hybridized carbons (Fsp3) is 0.312. The van der Waals surface area contributed by atoms with Gasteiger partial charge in [-0.3, -0.25) is 19.4 Å². The number of guanidine groups is 1. The molecule has 47 heavy (non-hydrogen) atoms. The number of para-hydroxylation sites is 1. The van der Waals surface area contributed by atoms with E-state index in [0.29, 0.717) is 12.1 Å². The van der Waals surface area contributed by atoms with Crippen LogP contribution in [0.1, 0.15) is 29.7 Å². The second-order valence-electron chi connectivity index (χ2n) is 11.1. The second kappa shape index (κ2) is 16.6. The quantitative estimate of drug-likeness (QED) is 0.0419. The summed E-state index contributed by atoms with van der Waals surface area (Å²) in [5.41, 5.74) is 19.6. The number of rotatable bonds is 17. The fourth-order valence-electron chi connectivity index (χ4n) is 5.08. The molecule has 3 amide bonds. The number of benzene rings is 2. The van der Waals surface area contributed by atoms with Crippen molar-refractivity contribution in [1.29, 1.82) is 0 Å². The molecule has 15 heteroatoms. The monoisotopic (exact) mass is 644 g/mol. The summed E-state index contributed by atoms with van der Waals surface area (Å²) in [6.07, 6.45) is 5.47. The van der Waals surface area contributed by atoms with Gasteiger partial charge in [-0.25, -0.2) is 9.78 Å². The molecule has 248 valence electrons. The Bertz CT molecular complexity index is 1670. The minimum absolute atomic E-state index is 0.0193. The summed E-state index contributed by atoms with van der Waals surface area (Å²) in [7, 11) is 0.